The van der Waals surface area contributed by atoms with Crippen LogP contribution >= 0.6 is 11.8 Å². The average Bonchev–Trinajstić information content (AvgIpc) is 2.34. The molecule has 18 heavy (non-hydrogen) atoms. The molecule has 100 valence electrons. The molecule has 1 aromatic heterocycles. The van der Waals surface area contributed by atoms with E-state index in [9.17, 15) is 4.79 Å². The molecule has 0 amide bonds. The fourth-order valence-corrected chi connectivity index (χ4v) is 1.57. The predicted molar refractivity (Wildman–Crippen MR) is 66.1 cm³/mol. The topological polar surface area (TPSA) is 112 Å². The molecule has 1 rings (SSSR count). The van der Waals surface area contributed by atoms with Crippen molar-refractivity contribution in [2.75, 3.05) is 18.3 Å². The van der Waals surface area contributed by atoms with Gasteiger partial charge in [-0.15, -0.1) is 0 Å². The lowest BCUT2D eigenvalue weighted by atomic mass is 10.5. The van der Waals surface area contributed by atoms with Crippen LogP contribution in [0, 0.1) is 0 Å². The minimum absolute atomic E-state index is 0.0727. The van der Waals surface area contributed by atoms with Crippen LogP contribution in [0.5, 0.6) is 6.01 Å². The van der Waals surface area contributed by atoms with Gasteiger partial charge in [0.25, 0.3) is 0 Å². The molecule has 0 saturated carbocycles. The van der Waals surface area contributed by atoms with Crippen molar-refractivity contribution in [3.63, 3.8) is 0 Å². The SMILES string of the molecule is COC(=O)CSc1nc(NN)nc(OC(C)C)n1. The molecule has 0 fully saturated rings. The molecular weight excluding hydrogens is 258 g/mol. The van der Waals surface area contributed by atoms with Gasteiger partial charge in [0.15, 0.2) is 5.16 Å². The van der Waals surface area contributed by atoms with Gasteiger partial charge in [-0.05, 0) is 13.8 Å². The number of nitrogens with one attached hydrogen (secondary N) is 1. The number of hydrogen-bond donors (Lipinski definition) is 2. The van der Waals surface area contributed by atoms with Gasteiger partial charge in [0.05, 0.1) is 19.0 Å². The lowest BCUT2D eigenvalue weighted by Crippen LogP contribution is -2.15. The third-order valence-corrected chi connectivity index (χ3v) is 2.43. The summed E-state index contributed by atoms with van der Waals surface area (Å²) in [6.45, 7) is 3.70. The highest BCUT2D eigenvalue weighted by Gasteiger charge is 2.10. The van der Waals surface area contributed by atoms with Crippen LogP contribution in [-0.2, 0) is 9.53 Å². The second kappa shape index (κ2) is 6.97. The Morgan fingerprint density at radius 3 is 2.72 bits per heavy atom. The Kier molecular flexibility index (Phi) is 5.59. The zero-order valence-corrected chi connectivity index (χ0v) is 11.2. The second-order valence-corrected chi connectivity index (χ2v) is 4.34. The van der Waals surface area contributed by atoms with Crippen molar-refractivity contribution in [2.45, 2.75) is 25.1 Å². The van der Waals surface area contributed by atoms with Crippen molar-refractivity contribution in [3.05, 3.63) is 0 Å². The first kappa shape index (κ1) is 14.5. The van der Waals surface area contributed by atoms with Crippen molar-refractivity contribution in [3.8, 4) is 6.01 Å². The second-order valence-electron chi connectivity index (χ2n) is 3.40. The number of thioether (sulfide) groups is 1. The predicted octanol–water partition coefficient (Wildman–Crippen LogP) is 0.209. The van der Waals surface area contributed by atoms with Gasteiger partial charge in [-0.1, -0.05) is 11.8 Å². The Labute approximate surface area is 109 Å². The fourth-order valence-electron chi connectivity index (χ4n) is 0.913. The van der Waals surface area contributed by atoms with E-state index in [0.29, 0.717) is 5.16 Å². The number of carbonyl (C=O) groups excluding carboxylic acids is 1. The number of carbonyl (C=O) groups is 1. The Morgan fingerprint density at radius 1 is 1.44 bits per heavy atom. The molecule has 3 N–H and O–H groups in total. The van der Waals surface area contributed by atoms with Crippen LogP contribution in [-0.4, -0.2) is 39.9 Å². The smallest absolute Gasteiger partial charge is 0.322 e. The van der Waals surface area contributed by atoms with Crippen LogP contribution < -0.4 is 16.0 Å². The summed E-state index contributed by atoms with van der Waals surface area (Å²) < 4.78 is 9.86. The maximum atomic E-state index is 11.0. The molecular formula is C9H15N5O3S. The summed E-state index contributed by atoms with van der Waals surface area (Å²) in [6.07, 6.45) is -0.0727. The van der Waals surface area contributed by atoms with E-state index < -0.39 is 0 Å². The van der Waals surface area contributed by atoms with Gasteiger partial charge >= 0.3 is 12.0 Å². The molecule has 1 heterocycles. The van der Waals surface area contributed by atoms with Gasteiger partial charge in [0.1, 0.15) is 0 Å². The number of ether oxygens (including phenoxy) is 2. The number of esters is 1. The number of nitrogens with two attached hydrogens (primary N) is 1. The van der Waals surface area contributed by atoms with Crippen molar-refractivity contribution >= 4 is 23.7 Å². The number of nitrogens with zero attached hydrogens (tertiary/aromatic N) is 3. The molecule has 0 aliphatic rings. The third kappa shape index (κ3) is 4.72. The maximum absolute atomic E-state index is 11.0. The zero-order chi connectivity index (χ0) is 13.5. The number of nitrogen functional groups attached to an aromatic ring is 1. The van der Waals surface area contributed by atoms with Crippen LogP contribution in [0.3, 0.4) is 0 Å². The van der Waals surface area contributed by atoms with Gasteiger partial charge < -0.3 is 9.47 Å². The normalized spacial score (nSPS) is 10.3. The molecule has 0 saturated heterocycles. The minimum Gasteiger partial charge on any atom is -0.468 e. The van der Waals surface area contributed by atoms with E-state index >= 15 is 0 Å². The van der Waals surface area contributed by atoms with Gasteiger partial charge in [0, 0.05) is 0 Å². The Morgan fingerprint density at radius 2 is 2.17 bits per heavy atom. The molecule has 1 aromatic rings. The number of rotatable bonds is 6. The summed E-state index contributed by atoms with van der Waals surface area (Å²) in [7, 11) is 1.32. The quantitative estimate of drug-likeness (QED) is 0.325. The van der Waals surface area contributed by atoms with E-state index in [-0.39, 0.29) is 29.8 Å². The first-order valence-corrected chi connectivity index (χ1v) is 6.12. The van der Waals surface area contributed by atoms with Crippen LogP contribution in [0.1, 0.15) is 13.8 Å². The Bertz CT molecular complexity index is 415. The highest BCUT2D eigenvalue weighted by molar-refractivity contribution is 7.99. The number of hydrazine groups is 1. The van der Waals surface area contributed by atoms with E-state index in [1.807, 2.05) is 13.8 Å². The largest absolute Gasteiger partial charge is 0.468 e. The monoisotopic (exact) mass is 273 g/mol. The van der Waals surface area contributed by atoms with Crippen LogP contribution in [0.15, 0.2) is 5.16 Å². The summed E-state index contributed by atoms with van der Waals surface area (Å²) in [5.41, 5.74) is 2.31. The van der Waals surface area contributed by atoms with E-state index in [2.05, 4.69) is 25.1 Å². The molecule has 0 spiro atoms. The molecule has 9 heteroatoms. The molecule has 0 atom stereocenters. The molecule has 0 radical (unpaired) electrons. The maximum Gasteiger partial charge on any atom is 0.322 e. The van der Waals surface area contributed by atoms with Gasteiger partial charge in [-0.25, -0.2) is 5.84 Å². The lowest BCUT2D eigenvalue weighted by Gasteiger charge is -2.09. The van der Waals surface area contributed by atoms with Crippen molar-refractivity contribution < 1.29 is 14.3 Å². The summed E-state index contributed by atoms with van der Waals surface area (Å²) >= 11 is 1.11. The zero-order valence-electron chi connectivity index (χ0n) is 10.3. The fraction of sp³-hybridized carbons (Fsp3) is 0.556. The van der Waals surface area contributed by atoms with Crippen LogP contribution in [0.4, 0.5) is 5.95 Å². The molecule has 8 nitrogen and oxygen atoms in total. The highest BCUT2D eigenvalue weighted by atomic mass is 32.2. The molecule has 0 unspecified atom stereocenters. The van der Waals surface area contributed by atoms with Gasteiger partial charge in [0.2, 0.25) is 5.95 Å². The van der Waals surface area contributed by atoms with Crippen LogP contribution in [0.25, 0.3) is 0 Å². The van der Waals surface area contributed by atoms with Crippen LogP contribution in [0.2, 0.25) is 0 Å². The average molecular weight is 273 g/mol. The van der Waals surface area contributed by atoms with Gasteiger partial charge in [-0.3, -0.25) is 10.2 Å². The first-order valence-electron chi connectivity index (χ1n) is 5.14. The van der Waals surface area contributed by atoms with E-state index in [0.717, 1.165) is 11.8 Å². The summed E-state index contributed by atoms with van der Waals surface area (Å²) in [5, 5.41) is 0.332. The number of methoxy groups -OCH3 is 1. The molecule has 0 aliphatic carbocycles. The third-order valence-electron chi connectivity index (χ3n) is 1.61. The molecule has 0 aromatic carbocycles. The van der Waals surface area contributed by atoms with Crippen molar-refractivity contribution in [1.82, 2.24) is 15.0 Å². The highest BCUT2D eigenvalue weighted by Crippen LogP contribution is 2.17. The van der Waals surface area contributed by atoms with E-state index in [4.69, 9.17) is 10.6 Å². The minimum atomic E-state index is -0.367. The Balaban J connectivity index is 2.79. The van der Waals surface area contributed by atoms with Gasteiger partial charge in [-0.2, -0.15) is 15.0 Å². The number of anilines is 1. The lowest BCUT2D eigenvalue weighted by molar-refractivity contribution is -0.137. The number of hydrogen-bond acceptors (Lipinski definition) is 9. The van der Waals surface area contributed by atoms with E-state index in [1.54, 1.807) is 0 Å². The van der Waals surface area contributed by atoms with E-state index in [1.165, 1.54) is 7.11 Å². The summed E-state index contributed by atoms with van der Waals surface area (Å²) in [4.78, 5) is 23.0. The standard InChI is InChI=1S/C9H15N5O3S/c1-5(2)17-8-11-7(14-10)12-9(13-8)18-4-6(15)16-3/h5H,4,10H2,1-3H3,(H,11,12,13,14). The molecule has 0 aliphatic heterocycles. The summed E-state index contributed by atoms with van der Waals surface area (Å²) in [5.74, 6) is 5.15. The number of aromatic nitrogens is 3. The van der Waals surface area contributed by atoms with Crippen molar-refractivity contribution in [2.24, 2.45) is 5.84 Å². The summed E-state index contributed by atoms with van der Waals surface area (Å²) in [6, 6.07) is 0.153. The molecule has 0 bridgehead atoms. The van der Waals surface area contributed by atoms with Crippen molar-refractivity contribution in [1.29, 1.82) is 0 Å². The Hall–Kier alpha value is -1.61. The first-order chi connectivity index (χ1) is 8.55.